The lowest BCUT2D eigenvalue weighted by atomic mass is 9.99. The molecule has 0 aromatic heterocycles. The van der Waals surface area contributed by atoms with Gasteiger partial charge in [0.05, 0.1) is 0 Å². The maximum absolute atomic E-state index is 12.5. The zero-order valence-corrected chi connectivity index (χ0v) is 10.9. The topological polar surface area (TPSA) is 32.3 Å². The Balaban J connectivity index is 1.68. The molecule has 1 aromatic carbocycles. The predicted octanol–water partition coefficient (Wildman–Crippen LogP) is 2.28. The van der Waals surface area contributed by atoms with Crippen LogP contribution >= 0.6 is 0 Å². The number of anilines is 1. The van der Waals surface area contributed by atoms with Crippen LogP contribution in [0.2, 0.25) is 0 Å². The van der Waals surface area contributed by atoms with Crippen molar-refractivity contribution in [3.05, 3.63) is 29.8 Å². The van der Waals surface area contributed by atoms with Crippen LogP contribution in [0.1, 0.15) is 25.3 Å². The Morgan fingerprint density at radius 1 is 1.39 bits per heavy atom. The molecule has 1 amide bonds. The summed E-state index contributed by atoms with van der Waals surface area (Å²) in [7, 11) is 0. The molecular weight excluding hydrogens is 224 g/mol. The third-order valence-corrected chi connectivity index (χ3v) is 4.04. The number of rotatable bonds is 1. The second kappa shape index (κ2) is 4.63. The van der Waals surface area contributed by atoms with Crippen molar-refractivity contribution in [2.45, 2.75) is 32.2 Å². The van der Waals surface area contributed by atoms with E-state index in [0.29, 0.717) is 5.92 Å². The van der Waals surface area contributed by atoms with Crippen molar-refractivity contribution in [1.82, 2.24) is 4.90 Å². The molecule has 1 aromatic rings. The first-order chi connectivity index (χ1) is 8.74. The zero-order chi connectivity index (χ0) is 12.5. The van der Waals surface area contributed by atoms with Crippen molar-refractivity contribution in [3.63, 3.8) is 0 Å². The van der Waals surface area contributed by atoms with E-state index in [2.05, 4.69) is 24.4 Å². The van der Waals surface area contributed by atoms with Gasteiger partial charge in [-0.2, -0.15) is 0 Å². The van der Waals surface area contributed by atoms with Gasteiger partial charge in [0.25, 0.3) is 0 Å². The largest absolute Gasteiger partial charge is 0.373 e. The van der Waals surface area contributed by atoms with Gasteiger partial charge in [0.15, 0.2) is 0 Å². The van der Waals surface area contributed by atoms with E-state index in [1.165, 1.54) is 12.0 Å². The van der Waals surface area contributed by atoms with E-state index in [-0.39, 0.29) is 11.9 Å². The van der Waals surface area contributed by atoms with Gasteiger partial charge in [-0.05, 0) is 30.4 Å². The molecule has 1 N–H and O–H groups in total. The number of carbonyl (C=O) groups excluding carboxylic acids is 1. The molecule has 3 nitrogen and oxygen atoms in total. The first-order valence-electron chi connectivity index (χ1n) is 6.87. The summed E-state index contributed by atoms with van der Waals surface area (Å²) in [6.45, 7) is 4.08. The summed E-state index contributed by atoms with van der Waals surface area (Å²) in [5, 5.41) is 3.36. The summed E-state index contributed by atoms with van der Waals surface area (Å²) in [6, 6.07) is 8.17. The van der Waals surface area contributed by atoms with E-state index in [1.807, 2.05) is 17.0 Å². The first kappa shape index (κ1) is 11.6. The standard InChI is InChI=1S/C15H20N2O/c1-11-5-4-8-17(10-11)15(18)14-9-12-6-2-3-7-13(12)16-14/h2-3,6-7,11,14,16H,4-5,8-10H2,1H3/t11-,14-/m1/s1. The van der Waals surface area contributed by atoms with Crippen molar-refractivity contribution in [2.24, 2.45) is 5.92 Å². The van der Waals surface area contributed by atoms with Gasteiger partial charge in [-0.1, -0.05) is 25.1 Å². The summed E-state index contributed by atoms with van der Waals surface area (Å²) in [5.74, 6) is 0.921. The Hall–Kier alpha value is -1.51. The fraction of sp³-hybridized carbons (Fsp3) is 0.533. The highest BCUT2D eigenvalue weighted by molar-refractivity contribution is 5.87. The summed E-state index contributed by atoms with van der Waals surface area (Å²) >= 11 is 0. The monoisotopic (exact) mass is 244 g/mol. The van der Waals surface area contributed by atoms with Crippen molar-refractivity contribution >= 4 is 11.6 Å². The molecule has 18 heavy (non-hydrogen) atoms. The number of para-hydroxylation sites is 1. The molecule has 2 heterocycles. The third kappa shape index (κ3) is 2.09. The Bertz CT molecular complexity index is 433. The van der Waals surface area contributed by atoms with Crippen LogP contribution in [0.15, 0.2) is 24.3 Å². The lowest BCUT2D eigenvalue weighted by molar-refractivity contribution is -0.133. The molecule has 2 aliphatic heterocycles. The minimum absolute atomic E-state index is 0.0484. The Kier molecular flexibility index (Phi) is 2.98. The number of nitrogens with one attached hydrogen (secondary N) is 1. The number of fused-ring (bicyclic) bond motifs is 1. The van der Waals surface area contributed by atoms with Gasteiger partial charge in [0.2, 0.25) is 5.91 Å². The van der Waals surface area contributed by atoms with Crippen LogP contribution in [-0.4, -0.2) is 29.9 Å². The molecule has 0 bridgehead atoms. The van der Waals surface area contributed by atoms with E-state index in [9.17, 15) is 4.79 Å². The van der Waals surface area contributed by atoms with Crippen LogP contribution in [0.5, 0.6) is 0 Å². The van der Waals surface area contributed by atoms with Crippen LogP contribution in [0, 0.1) is 5.92 Å². The van der Waals surface area contributed by atoms with E-state index < -0.39 is 0 Å². The van der Waals surface area contributed by atoms with Gasteiger partial charge < -0.3 is 10.2 Å². The number of nitrogens with zero attached hydrogens (tertiary/aromatic N) is 1. The van der Waals surface area contributed by atoms with Crippen molar-refractivity contribution < 1.29 is 4.79 Å². The molecule has 1 fully saturated rings. The van der Waals surface area contributed by atoms with Crippen LogP contribution in [0.25, 0.3) is 0 Å². The Morgan fingerprint density at radius 2 is 2.22 bits per heavy atom. The second-order valence-electron chi connectivity index (χ2n) is 5.59. The number of likely N-dealkylation sites (tertiary alicyclic amines) is 1. The minimum Gasteiger partial charge on any atom is -0.373 e. The lowest BCUT2D eigenvalue weighted by Gasteiger charge is -2.32. The molecule has 0 spiro atoms. The third-order valence-electron chi connectivity index (χ3n) is 4.04. The molecule has 3 heteroatoms. The van der Waals surface area contributed by atoms with Crippen LogP contribution in [-0.2, 0) is 11.2 Å². The number of hydrogen-bond acceptors (Lipinski definition) is 2. The molecule has 0 unspecified atom stereocenters. The van der Waals surface area contributed by atoms with Crippen LogP contribution in [0.4, 0.5) is 5.69 Å². The predicted molar refractivity (Wildman–Crippen MR) is 72.5 cm³/mol. The number of amides is 1. The van der Waals surface area contributed by atoms with Gasteiger partial charge in [0, 0.05) is 25.2 Å². The molecule has 0 radical (unpaired) electrons. The highest BCUT2D eigenvalue weighted by atomic mass is 16.2. The number of carbonyl (C=O) groups is 1. The van der Waals surface area contributed by atoms with Gasteiger partial charge in [-0.25, -0.2) is 0 Å². The summed E-state index contributed by atoms with van der Waals surface area (Å²) in [4.78, 5) is 14.5. The van der Waals surface area contributed by atoms with Crippen molar-refractivity contribution in [2.75, 3.05) is 18.4 Å². The van der Waals surface area contributed by atoms with Crippen molar-refractivity contribution in [3.8, 4) is 0 Å². The summed E-state index contributed by atoms with van der Waals surface area (Å²) in [6.07, 6.45) is 3.23. The second-order valence-corrected chi connectivity index (χ2v) is 5.59. The average molecular weight is 244 g/mol. The molecule has 2 aliphatic rings. The maximum Gasteiger partial charge on any atom is 0.245 e. The van der Waals surface area contributed by atoms with Gasteiger partial charge in [0.1, 0.15) is 6.04 Å². The molecular formula is C15H20N2O. The summed E-state index contributed by atoms with van der Waals surface area (Å²) in [5.41, 5.74) is 2.39. The number of piperidine rings is 1. The highest BCUT2D eigenvalue weighted by Gasteiger charge is 2.31. The molecule has 2 atom stereocenters. The quantitative estimate of drug-likeness (QED) is 0.822. The molecule has 1 saturated heterocycles. The molecule has 0 aliphatic carbocycles. The van der Waals surface area contributed by atoms with E-state index in [4.69, 9.17) is 0 Å². The molecule has 3 rings (SSSR count). The number of hydrogen-bond donors (Lipinski definition) is 1. The molecule has 0 saturated carbocycles. The Labute approximate surface area is 108 Å². The first-order valence-corrected chi connectivity index (χ1v) is 6.87. The molecule has 96 valence electrons. The SMILES string of the molecule is C[C@@H]1CCCN(C(=O)[C@H]2Cc3ccccc3N2)C1. The highest BCUT2D eigenvalue weighted by Crippen LogP contribution is 2.27. The smallest absolute Gasteiger partial charge is 0.245 e. The lowest BCUT2D eigenvalue weighted by Crippen LogP contribution is -2.46. The normalized spacial score (nSPS) is 26.6. The van der Waals surface area contributed by atoms with Crippen molar-refractivity contribution in [1.29, 1.82) is 0 Å². The fourth-order valence-corrected chi connectivity index (χ4v) is 3.06. The zero-order valence-electron chi connectivity index (χ0n) is 10.9. The summed E-state index contributed by atoms with van der Waals surface area (Å²) < 4.78 is 0. The fourth-order valence-electron chi connectivity index (χ4n) is 3.06. The Morgan fingerprint density at radius 3 is 3.00 bits per heavy atom. The number of benzene rings is 1. The van der Waals surface area contributed by atoms with E-state index in [0.717, 1.165) is 31.6 Å². The van der Waals surface area contributed by atoms with Gasteiger partial charge >= 0.3 is 0 Å². The van der Waals surface area contributed by atoms with Gasteiger partial charge in [-0.15, -0.1) is 0 Å². The van der Waals surface area contributed by atoms with E-state index in [1.54, 1.807) is 0 Å². The average Bonchev–Trinajstić information content (AvgIpc) is 2.81. The van der Waals surface area contributed by atoms with E-state index >= 15 is 0 Å². The minimum atomic E-state index is -0.0484. The van der Waals surface area contributed by atoms with Crippen LogP contribution < -0.4 is 5.32 Å². The van der Waals surface area contributed by atoms with Crippen LogP contribution in [0.3, 0.4) is 0 Å². The van der Waals surface area contributed by atoms with Gasteiger partial charge in [-0.3, -0.25) is 4.79 Å². The maximum atomic E-state index is 12.5.